The Balaban J connectivity index is 3.59. The fraction of sp³-hybridized carbons (Fsp3) is 0.500. The van der Waals surface area contributed by atoms with Gasteiger partial charge in [-0.25, -0.2) is 0 Å². The molecule has 0 fully saturated rings. The third-order valence-electron chi connectivity index (χ3n) is 2.81. The second-order valence-corrected chi connectivity index (χ2v) is 6.99. The van der Waals surface area contributed by atoms with Crippen molar-refractivity contribution in [1.82, 2.24) is 0 Å². The Labute approximate surface area is 124 Å². The van der Waals surface area contributed by atoms with Crippen molar-refractivity contribution in [2.75, 3.05) is 20.8 Å². The van der Waals surface area contributed by atoms with Gasteiger partial charge in [-0.2, -0.15) is 26.3 Å². The van der Waals surface area contributed by atoms with Gasteiger partial charge in [0.25, 0.3) is 0 Å². The van der Waals surface area contributed by atoms with Gasteiger partial charge in [-0.15, -0.1) is 0 Å². The maximum atomic E-state index is 12.8. The highest BCUT2D eigenvalue weighted by Gasteiger charge is 2.46. The minimum atomic E-state index is -4.94. The van der Waals surface area contributed by atoms with E-state index in [-0.39, 0.29) is 12.7 Å². The zero-order valence-electron chi connectivity index (χ0n) is 11.9. The summed E-state index contributed by atoms with van der Waals surface area (Å²) in [6, 6.07) is 1.16. The molecule has 1 aromatic rings. The van der Waals surface area contributed by atoms with Gasteiger partial charge in [-0.05, 0) is 25.1 Å². The molecule has 10 heteroatoms. The second-order valence-electron chi connectivity index (χ2n) is 4.19. The summed E-state index contributed by atoms with van der Waals surface area (Å²) < 4.78 is 92.3. The number of benzene rings is 1. The zero-order chi connectivity index (χ0) is 17.2. The fourth-order valence-corrected chi connectivity index (χ4v) is 3.93. The van der Waals surface area contributed by atoms with Gasteiger partial charge in [0.1, 0.15) is 0 Å². The Hall–Kier alpha value is -1.10. The van der Waals surface area contributed by atoms with E-state index in [4.69, 9.17) is 13.3 Å². The van der Waals surface area contributed by atoms with Crippen LogP contribution in [0, 0.1) is 0 Å². The average molecular weight is 348 g/mol. The van der Waals surface area contributed by atoms with Crippen LogP contribution in [-0.2, 0) is 25.6 Å². The lowest BCUT2D eigenvalue weighted by atomic mass is 10.1. The summed E-state index contributed by atoms with van der Waals surface area (Å²) in [5.74, 6) is 0. The van der Waals surface area contributed by atoms with Crippen molar-refractivity contribution in [1.29, 1.82) is 0 Å². The molecule has 0 bridgehead atoms. The normalized spacial score (nSPS) is 13.5. The van der Waals surface area contributed by atoms with Crippen molar-refractivity contribution in [3.8, 4) is 0 Å². The summed E-state index contributed by atoms with van der Waals surface area (Å²) in [6.45, 7) is 1.53. The highest BCUT2D eigenvalue weighted by Crippen LogP contribution is 2.35. The van der Waals surface area contributed by atoms with Gasteiger partial charge in [-0.3, -0.25) is 0 Å². The molecule has 1 rings (SSSR count). The predicted octanol–water partition coefficient (Wildman–Crippen LogP) is 3.20. The van der Waals surface area contributed by atoms with E-state index in [0.29, 0.717) is 12.1 Å². The molecule has 0 heterocycles. The lowest BCUT2D eigenvalue weighted by molar-refractivity contribution is -0.143. The molecule has 0 amide bonds. The van der Waals surface area contributed by atoms with Crippen molar-refractivity contribution in [2.45, 2.75) is 19.3 Å². The summed E-state index contributed by atoms with van der Waals surface area (Å²) in [4.78, 5) is 0. The van der Waals surface area contributed by atoms with Crippen LogP contribution in [0.5, 0.6) is 0 Å². The smallest absolute Gasteiger partial charge is 0.373 e. The molecule has 0 atom stereocenters. The largest absolute Gasteiger partial charge is 0.536 e. The molecule has 0 saturated carbocycles. The molecule has 22 heavy (non-hydrogen) atoms. The third kappa shape index (κ3) is 4.00. The third-order valence-corrected chi connectivity index (χ3v) is 5.55. The summed E-state index contributed by atoms with van der Waals surface area (Å²) in [6.07, 6.45) is -9.88. The van der Waals surface area contributed by atoms with Gasteiger partial charge >= 0.3 is 21.2 Å². The van der Waals surface area contributed by atoms with E-state index in [1.54, 1.807) is 0 Å². The summed E-state index contributed by atoms with van der Waals surface area (Å²) in [5.41, 5.74) is -2.88. The highest BCUT2D eigenvalue weighted by molar-refractivity contribution is 6.75. The Morgan fingerprint density at radius 1 is 0.864 bits per heavy atom. The van der Waals surface area contributed by atoms with Crippen LogP contribution in [0.15, 0.2) is 18.2 Å². The van der Waals surface area contributed by atoms with Crippen LogP contribution in [0.2, 0.25) is 0 Å². The molecule has 0 aliphatic heterocycles. The van der Waals surface area contributed by atoms with E-state index in [2.05, 4.69) is 0 Å². The zero-order valence-corrected chi connectivity index (χ0v) is 12.9. The number of alkyl halides is 6. The molecular weight excluding hydrogens is 334 g/mol. The van der Waals surface area contributed by atoms with E-state index in [9.17, 15) is 26.3 Å². The van der Waals surface area contributed by atoms with Crippen molar-refractivity contribution in [3.63, 3.8) is 0 Å². The maximum absolute atomic E-state index is 12.8. The highest BCUT2D eigenvalue weighted by atomic mass is 28.4. The summed E-state index contributed by atoms with van der Waals surface area (Å²) >= 11 is 0. The molecule has 0 aromatic heterocycles. The molecule has 0 aliphatic rings. The van der Waals surface area contributed by atoms with Crippen molar-refractivity contribution in [2.24, 2.45) is 0 Å². The Kier molecular flexibility index (Phi) is 5.65. The number of hydrogen-bond acceptors (Lipinski definition) is 3. The van der Waals surface area contributed by atoms with Gasteiger partial charge in [0.15, 0.2) is 0 Å². The molecule has 0 aliphatic carbocycles. The second kappa shape index (κ2) is 6.57. The summed E-state index contributed by atoms with van der Waals surface area (Å²) in [7, 11) is -1.62. The van der Waals surface area contributed by atoms with Crippen LogP contribution >= 0.6 is 0 Å². The van der Waals surface area contributed by atoms with Crippen LogP contribution in [0.1, 0.15) is 18.1 Å². The predicted molar refractivity (Wildman–Crippen MR) is 67.5 cm³/mol. The van der Waals surface area contributed by atoms with Crippen molar-refractivity contribution >= 4 is 14.0 Å². The molecule has 126 valence electrons. The van der Waals surface area contributed by atoms with E-state index in [1.807, 2.05) is 0 Å². The molecule has 0 unspecified atom stereocenters. The first-order valence-corrected chi connectivity index (χ1v) is 7.77. The topological polar surface area (TPSA) is 27.7 Å². The van der Waals surface area contributed by atoms with Crippen LogP contribution in [0.4, 0.5) is 26.3 Å². The molecule has 0 spiro atoms. The van der Waals surface area contributed by atoms with Gasteiger partial charge in [0, 0.05) is 26.0 Å². The van der Waals surface area contributed by atoms with Crippen LogP contribution in [-0.4, -0.2) is 29.6 Å². The van der Waals surface area contributed by atoms with Gasteiger partial charge < -0.3 is 13.3 Å². The lowest BCUT2D eigenvalue weighted by Crippen LogP contribution is -2.55. The van der Waals surface area contributed by atoms with Gasteiger partial charge in [-0.1, -0.05) is 0 Å². The Morgan fingerprint density at radius 2 is 1.27 bits per heavy atom. The molecule has 0 radical (unpaired) electrons. The molecule has 3 nitrogen and oxygen atoms in total. The Morgan fingerprint density at radius 3 is 1.55 bits per heavy atom. The lowest BCUT2D eigenvalue weighted by Gasteiger charge is -2.27. The first-order valence-electron chi connectivity index (χ1n) is 6.04. The minimum Gasteiger partial charge on any atom is -0.373 e. The summed E-state index contributed by atoms with van der Waals surface area (Å²) in [5, 5.41) is -0.401. The van der Waals surface area contributed by atoms with E-state index < -0.39 is 37.5 Å². The number of halogens is 6. The van der Waals surface area contributed by atoms with Crippen LogP contribution in [0.3, 0.4) is 0 Å². The monoisotopic (exact) mass is 348 g/mol. The quantitative estimate of drug-likeness (QED) is 0.604. The number of rotatable bonds is 5. The van der Waals surface area contributed by atoms with Gasteiger partial charge in [0.2, 0.25) is 0 Å². The molecular formula is C12H14F6O3Si. The maximum Gasteiger partial charge on any atom is 0.536 e. The van der Waals surface area contributed by atoms with Gasteiger partial charge in [0.05, 0.1) is 11.1 Å². The average Bonchev–Trinajstić information content (AvgIpc) is 2.42. The van der Waals surface area contributed by atoms with E-state index in [1.165, 1.54) is 6.92 Å². The van der Waals surface area contributed by atoms with Crippen LogP contribution in [0.25, 0.3) is 0 Å². The SMILES string of the molecule is CCO[Si](OC)(OC)c1cc(C(F)(F)F)cc(C(F)(F)F)c1. The standard InChI is InChI=1S/C12H14F6O3Si/c1-4-21-22(19-2,20-3)10-6-8(11(13,14)15)5-9(7-10)12(16,17)18/h5-7H,4H2,1-3H3. The van der Waals surface area contributed by atoms with Crippen molar-refractivity contribution in [3.05, 3.63) is 29.3 Å². The van der Waals surface area contributed by atoms with E-state index in [0.717, 1.165) is 14.2 Å². The van der Waals surface area contributed by atoms with Crippen LogP contribution < -0.4 is 5.19 Å². The molecule has 0 N–H and O–H groups in total. The number of hydrogen-bond donors (Lipinski definition) is 0. The first kappa shape index (κ1) is 18.9. The van der Waals surface area contributed by atoms with E-state index >= 15 is 0 Å². The van der Waals surface area contributed by atoms with Crippen molar-refractivity contribution < 1.29 is 39.6 Å². The first-order chi connectivity index (χ1) is 10.00. The molecule has 1 aromatic carbocycles. The molecule has 0 saturated heterocycles. The Bertz CT molecular complexity index is 478. The minimum absolute atomic E-state index is 0.00546. The fourth-order valence-electron chi connectivity index (χ4n) is 1.84.